The molecule has 2 aromatic heterocycles. The van der Waals surface area contributed by atoms with Crippen LogP contribution in [0.25, 0.3) is 11.0 Å². The van der Waals surface area contributed by atoms with Gasteiger partial charge >= 0.3 is 12.0 Å². The first-order valence-electron chi connectivity index (χ1n) is 13.5. The molecule has 5 rings (SSSR count). The van der Waals surface area contributed by atoms with Gasteiger partial charge in [-0.2, -0.15) is 5.26 Å². The van der Waals surface area contributed by atoms with Crippen LogP contribution in [0, 0.1) is 23.2 Å². The van der Waals surface area contributed by atoms with Gasteiger partial charge in [0.05, 0.1) is 29.5 Å². The predicted octanol–water partition coefficient (Wildman–Crippen LogP) is 2.80. The van der Waals surface area contributed by atoms with Crippen molar-refractivity contribution in [3.63, 3.8) is 0 Å². The number of hydrogen-bond acceptors (Lipinski definition) is 8. The van der Waals surface area contributed by atoms with Crippen molar-refractivity contribution in [3.05, 3.63) is 18.6 Å². The fourth-order valence-corrected chi connectivity index (χ4v) is 6.28. The van der Waals surface area contributed by atoms with Crippen LogP contribution in [0.2, 0.25) is 0 Å². The van der Waals surface area contributed by atoms with Gasteiger partial charge in [0.2, 0.25) is 5.91 Å². The van der Waals surface area contributed by atoms with E-state index in [0.717, 1.165) is 49.9 Å². The lowest BCUT2D eigenvalue weighted by molar-refractivity contribution is -0.152. The molecule has 2 aliphatic heterocycles. The van der Waals surface area contributed by atoms with Crippen LogP contribution in [-0.4, -0.2) is 87.6 Å². The molecule has 1 aliphatic carbocycles. The number of rotatable bonds is 6. The molecule has 11 heteroatoms. The molecule has 202 valence electrons. The lowest BCUT2D eigenvalue weighted by atomic mass is 9.74. The largest absolute Gasteiger partial charge is 0.464 e. The van der Waals surface area contributed by atoms with Crippen molar-refractivity contribution in [2.75, 3.05) is 44.7 Å². The number of nitrogens with zero attached hydrogens (tertiary/aromatic N) is 7. The Morgan fingerprint density at radius 2 is 2.03 bits per heavy atom. The summed E-state index contributed by atoms with van der Waals surface area (Å²) in [4.78, 5) is 52.5. The van der Waals surface area contributed by atoms with Crippen LogP contribution >= 0.6 is 0 Å². The highest BCUT2D eigenvalue weighted by Crippen LogP contribution is 2.45. The second-order valence-electron chi connectivity index (χ2n) is 10.8. The Labute approximate surface area is 222 Å². The standard InChI is InChI=1S/C27H35N7O4/c1-19-16-34(22(35)8-11-28)27(19)10-13-32(17-27)23-21-9-12-33(24(21)30-18-29-23)26(37)31(2)14-15-38-25(36)20-6-4-3-5-7-20/h9,12,18-20H,3-8,10,13-17H2,1-2H3/t19-,27-/m1/s1. The zero-order chi connectivity index (χ0) is 26.9. The molecule has 3 aliphatic rings. The average Bonchev–Trinajstić information content (AvgIpc) is 3.58. The molecule has 2 atom stereocenters. The number of aromatic nitrogens is 3. The summed E-state index contributed by atoms with van der Waals surface area (Å²) >= 11 is 0. The number of likely N-dealkylation sites (N-methyl/N-ethyl adjacent to an activating group) is 1. The van der Waals surface area contributed by atoms with Gasteiger partial charge in [-0.3, -0.25) is 14.2 Å². The quantitative estimate of drug-likeness (QED) is 0.532. The summed E-state index contributed by atoms with van der Waals surface area (Å²) in [5.74, 6) is 0.766. The average molecular weight is 522 g/mol. The Morgan fingerprint density at radius 3 is 2.76 bits per heavy atom. The second kappa shape index (κ2) is 10.6. The molecular weight excluding hydrogens is 486 g/mol. The van der Waals surface area contributed by atoms with Gasteiger partial charge < -0.3 is 19.4 Å². The van der Waals surface area contributed by atoms with Crippen LogP contribution in [0.4, 0.5) is 10.6 Å². The molecule has 11 nitrogen and oxygen atoms in total. The number of anilines is 1. The van der Waals surface area contributed by atoms with Crippen molar-refractivity contribution >= 4 is 34.8 Å². The Kier molecular flexibility index (Phi) is 7.23. The van der Waals surface area contributed by atoms with E-state index >= 15 is 0 Å². The molecule has 2 aromatic rings. The van der Waals surface area contributed by atoms with E-state index in [-0.39, 0.29) is 48.9 Å². The molecule has 38 heavy (non-hydrogen) atoms. The number of fused-ring (bicyclic) bond motifs is 1. The van der Waals surface area contributed by atoms with E-state index < -0.39 is 0 Å². The first-order valence-corrected chi connectivity index (χ1v) is 13.5. The minimum absolute atomic E-state index is 0.0162. The maximum Gasteiger partial charge on any atom is 0.329 e. The SMILES string of the molecule is C[C@@H]1CN(C(=O)CC#N)[C@@]12CCN(c1ncnc3c1ccn3C(=O)N(C)CCOC(=O)C1CCCCC1)C2. The van der Waals surface area contributed by atoms with E-state index in [2.05, 4.69) is 21.8 Å². The number of carbonyl (C=O) groups is 3. The summed E-state index contributed by atoms with van der Waals surface area (Å²) in [6.45, 7) is 4.61. The lowest BCUT2D eigenvalue weighted by Gasteiger charge is -2.55. The van der Waals surface area contributed by atoms with E-state index in [9.17, 15) is 14.4 Å². The van der Waals surface area contributed by atoms with Gasteiger partial charge in [-0.25, -0.2) is 14.8 Å². The van der Waals surface area contributed by atoms with Gasteiger partial charge in [0.1, 0.15) is 25.2 Å². The molecule has 0 unspecified atom stereocenters. The summed E-state index contributed by atoms with van der Waals surface area (Å²) < 4.78 is 6.95. The normalized spacial score (nSPS) is 23.3. The topological polar surface area (TPSA) is 125 Å². The molecule has 1 saturated carbocycles. The number of ether oxygens (including phenoxy) is 1. The van der Waals surface area contributed by atoms with Gasteiger partial charge in [0.15, 0.2) is 5.65 Å². The van der Waals surface area contributed by atoms with E-state index in [1.165, 1.54) is 22.2 Å². The zero-order valence-corrected chi connectivity index (χ0v) is 22.1. The van der Waals surface area contributed by atoms with Crippen molar-refractivity contribution < 1.29 is 19.1 Å². The number of hydrogen-bond donors (Lipinski definition) is 0. The molecule has 0 radical (unpaired) electrons. The summed E-state index contributed by atoms with van der Waals surface area (Å²) in [5.41, 5.74) is 0.213. The van der Waals surface area contributed by atoms with Crippen molar-refractivity contribution in [1.82, 2.24) is 24.3 Å². The van der Waals surface area contributed by atoms with E-state index in [1.807, 2.05) is 17.0 Å². The van der Waals surface area contributed by atoms with Crippen LogP contribution in [-0.2, 0) is 14.3 Å². The fourth-order valence-electron chi connectivity index (χ4n) is 6.28. The van der Waals surface area contributed by atoms with Gasteiger partial charge in [0.25, 0.3) is 0 Å². The third kappa shape index (κ3) is 4.57. The smallest absolute Gasteiger partial charge is 0.329 e. The van der Waals surface area contributed by atoms with Crippen LogP contribution in [0.5, 0.6) is 0 Å². The summed E-state index contributed by atoms with van der Waals surface area (Å²) in [5, 5.41) is 9.74. The Hall–Kier alpha value is -3.68. The Balaban J connectivity index is 1.25. The minimum Gasteiger partial charge on any atom is -0.464 e. The number of esters is 1. The Bertz CT molecular complexity index is 1260. The zero-order valence-electron chi connectivity index (χ0n) is 22.1. The molecule has 0 bridgehead atoms. The van der Waals surface area contributed by atoms with Gasteiger partial charge in [-0.05, 0) is 31.2 Å². The van der Waals surface area contributed by atoms with Crippen LogP contribution < -0.4 is 4.90 Å². The second-order valence-corrected chi connectivity index (χ2v) is 10.8. The highest BCUT2D eigenvalue weighted by atomic mass is 16.5. The maximum absolute atomic E-state index is 13.2. The molecule has 3 fully saturated rings. The predicted molar refractivity (Wildman–Crippen MR) is 139 cm³/mol. The Morgan fingerprint density at radius 1 is 1.24 bits per heavy atom. The minimum atomic E-state index is -0.293. The van der Waals surface area contributed by atoms with Crippen molar-refractivity contribution in [3.8, 4) is 6.07 Å². The highest BCUT2D eigenvalue weighted by Gasteiger charge is 2.56. The number of nitriles is 1. The lowest BCUT2D eigenvalue weighted by Crippen LogP contribution is -2.69. The molecular formula is C27H35N7O4. The summed E-state index contributed by atoms with van der Waals surface area (Å²) in [6, 6.07) is 3.55. The first-order chi connectivity index (χ1) is 18.4. The molecule has 0 N–H and O–H groups in total. The first kappa shape index (κ1) is 25.9. The number of carbonyl (C=O) groups excluding carboxylic acids is 3. The summed E-state index contributed by atoms with van der Waals surface area (Å²) in [7, 11) is 1.68. The van der Waals surface area contributed by atoms with Gasteiger partial charge in [-0.15, -0.1) is 0 Å². The molecule has 2 amide bonds. The van der Waals surface area contributed by atoms with Crippen molar-refractivity contribution in [2.24, 2.45) is 11.8 Å². The monoisotopic (exact) mass is 521 g/mol. The van der Waals surface area contributed by atoms with Gasteiger partial charge in [0, 0.05) is 32.9 Å². The number of likely N-dealkylation sites (tertiary alicyclic amines) is 1. The van der Waals surface area contributed by atoms with Crippen LogP contribution in [0.1, 0.15) is 51.9 Å². The highest BCUT2D eigenvalue weighted by molar-refractivity contribution is 5.95. The summed E-state index contributed by atoms with van der Waals surface area (Å²) in [6.07, 6.45) is 8.93. The van der Waals surface area contributed by atoms with E-state index in [4.69, 9.17) is 10.00 Å². The maximum atomic E-state index is 13.2. The van der Waals surface area contributed by atoms with Crippen LogP contribution in [0.3, 0.4) is 0 Å². The van der Waals surface area contributed by atoms with Gasteiger partial charge in [-0.1, -0.05) is 26.2 Å². The number of amides is 2. The molecule has 0 aromatic carbocycles. The van der Waals surface area contributed by atoms with E-state index in [1.54, 1.807) is 13.2 Å². The third-order valence-corrected chi connectivity index (χ3v) is 8.62. The van der Waals surface area contributed by atoms with E-state index in [0.29, 0.717) is 24.7 Å². The fraction of sp³-hybridized carbons (Fsp3) is 0.630. The van der Waals surface area contributed by atoms with Crippen molar-refractivity contribution in [2.45, 2.75) is 57.4 Å². The molecule has 2 saturated heterocycles. The molecule has 4 heterocycles. The molecule has 1 spiro atoms. The van der Waals surface area contributed by atoms with Crippen molar-refractivity contribution in [1.29, 1.82) is 5.26 Å². The third-order valence-electron chi connectivity index (χ3n) is 8.62. The van der Waals surface area contributed by atoms with Crippen LogP contribution in [0.15, 0.2) is 18.6 Å².